The van der Waals surface area contributed by atoms with Crippen LogP contribution in [0.2, 0.25) is 0 Å². The number of hydrogen-bond acceptors (Lipinski definition) is 2. The maximum atomic E-state index is 11.3. The third-order valence-corrected chi connectivity index (χ3v) is 3.47. The number of esters is 1. The molecule has 0 unspecified atom stereocenters. The van der Waals surface area contributed by atoms with Crippen LogP contribution >= 0.6 is 0 Å². The Labute approximate surface area is 126 Å². The second kappa shape index (κ2) is 16.3. The van der Waals surface area contributed by atoms with Crippen LogP contribution in [-0.4, -0.2) is 12.6 Å². The van der Waals surface area contributed by atoms with Crippen molar-refractivity contribution < 1.29 is 9.53 Å². The van der Waals surface area contributed by atoms with Crippen molar-refractivity contribution >= 4 is 5.97 Å². The van der Waals surface area contributed by atoms with Gasteiger partial charge in [-0.25, -0.2) is 4.79 Å². The number of rotatable bonds is 14. The zero-order valence-electron chi connectivity index (χ0n) is 13.7. The van der Waals surface area contributed by atoms with Gasteiger partial charge in [0.15, 0.2) is 0 Å². The molecular weight excluding hydrogens is 248 g/mol. The number of ether oxygens (including phenoxy) is 1. The minimum absolute atomic E-state index is 0.186. The van der Waals surface area contributed by atoms with Gasteiger partial charge in [-0.2, -0.15) is 0 Å². The molecule has 0 saturated carbocycles. The van der Waals surface area contributed by atoms with Crippen molar-refractivity contribution in [3.63, 3.8) is 0 Å². The maximum Gasteiger partial charge on any atom is 0.330 e. The average molecular weight is 282 g/mol. The van der Waals surface area contributed by atoms with Crippen LogP contribution in [0.5, 0.6) is 0 Å². The molecular formula is C18H34O2. The Kier molecular flexibility index (Phi) is 15.6. The van der Waals surface area contributed by atoms with E-state index < -0.39 is 0 Å². The molecule has 0 radical (unpaired) electrons. The first-order valence-corrected chi connectivity index (χ1v) is 8.64. The van der Waals surface area contributed by atoms with Gasteiger partial charge in [0.05, 0.1) is 6.61 Å². The molecule has 118 valence electrons. The molecule has 0 aromatic carbocycles. The van der Waals surface area contributed by atoms with E-state index in [2.05, 4.69) is 13.8 Å². The van der Waals surface area contributed by atoms with E-state index >= 15 is 0 Å². The fraction of sp³-hybridized carbons (Fsp3) is 0.833. The Hall–Kier alpha value is -0.790. The van der Waals surface area contributed by atoms with Gasteiger partial charge in [0.25, 0.3) is 0 Å². The first-order chi connectivity index (χ1) is 9.81. The highest BCUT2D eigenvalue weighted by Gasteiger charge is 1.95. The summed E-state index contributed by atoms with van der Waals surface area (Å²) >= 11 is 0. The third-order valence-electron chi connectivity index (χ3n) is 3.47. The van der Waals surface area contributed by atoms with Crippen molar-refractivity contribution in [1.29, 1.82) is 0 Å². The predicted molar refractivity (Wildman–Crippen MR) is 86.9 cm³/mol. The zero-order chi connectivity index (χ0) is 14.9. The number of carbonyl (C=O) groups excluding carboxylic acids is 1. The van der Waals surface area contributed by atoms with Crippen LogP contribution < -0.4 is 0 Å². The molecule has 2 heteroatoms. The lowest BCUT2D eigenvalue weighted by molar-refractivity contribution is -0.137. The smallest absolute Gasteiger partial charge is 0.330 e. The van der Waals surface area contributed by atoms with Crippen LogP contribution in [0, 0.1) is 0 Å². The van der Waals surface area contributed by atoms with Crippen molar-refractivity contribution in [2.24, 2.45) is 0 Å². The lowest BCUT2D eigenvalue weighted by atomic mass is 10.1. The summed E-state index contributed by atoms with van der Waals surface area (Å²) in [5.41, 5.74) is 0. The van der Waals surface area contributed by atoms with Gasteiger partial charge in [0, 0.05) is 6.08 Å². The molecule has 0 aromatic heterocycles. The standard InChI is InChI=1S/C18H34O2/c1-3-5-7-8-9-10-11-12-13-14-15-16-18(19)20-17-6-4-2/h15-16H,3-14,17H2,1-2H3. The number of carbonyl (C=O) groups is 1. The Morgan fingerprint density at radius 2 is 1.35 bits per heavy atom. The van der Waals surface area contributed by atoms with Crippen LogP contribution in [0.15, 0.2) is 12.2 Å². The first-order valence-electron chi connectivity index (χ1n) is 8.64. The van der Waals surface area contributed by atoms with Gasteiger partial charge >= 0.3 is 5.97 Å². The van der Waals surface area contributed by atoms with E-state index in [1.165, 1.54) is 57.8 Å². The van der Waals surface area contributed by atoms with Gasteiger partial charge in [0.2, 0.25) is 0 Å². The van der Waals surface area contributed by atoms with Crippen LogP contribution in [0.1, 0.15) is 90.9 Å². The summed E-state index contributed by atoms with van der Waals surface area (Å²) in [5.74, 6) is -0.186. The molecule has 0 atom stereocenters. The fourth-order valence-electron chi connectivity index (χ4n) is 2.12. The third kappa shape index (κ3) is 15.3. The highest BCUT2D eigenvalue weighted by molar-refractivity contribution is 5.81. The van der Waals surface area contributed by atoms with Crippen molar-refractivity contribution in [2.75, 3.05) is 6.61 Å². The Morgan fingerprint density at radius 1 is 0.800 bits per heavy atom. The van der Waals surface area contributed by atoms with Crippen molar-refractivity contribution in [1.82, 2.24) is 0 Å². The van der Waals surface area contributed by atoms with E-state index in [0.29, 0.717) is 6.61 Å². The van der Waals surface area contributed by atoms with Gasteiger partial charge in [-0.1, -0.05) is 77.7 Å². The SMILES string of the molecule is CCCCCCCCCCCC=CC(=O)OCCCC. The highest BCUT2D eigenvalue weighted by Crippen LogP contribution is 2.10. The minimum atomic E-state index is -0.186. The quantitative estimate of drug-likeness (QED) is 0.228. The number of allylic oxidation sites excluding steroid dienone is 1. The second-order valence-electron chi connectivity index (χ2n) is 5.54. The zero-order valence-corrected chi connectivity index (χ0v) is 13.7. The topological polar surface area (TPSA) is 26.3 Å². The van der Waals surface area contributed by atoms with Crippen molar-refractivity contribution in [3.05, 3.63) is 12.2 Å². The minimum Gasteiger partial charge on any atom is -0.463 e. The summed E-state index contributed by atoms with van der Waals surface area (Å²) in [4.78, 5) is 11.3. The molecule has 0 rings (SSSR count). The van der Waals surface area contributed by atoms with Crippen LogP contribution in [-0.2, 0) is 9.53 Å². The summed E-state index contributed by atoms with van der Waals surface area (Å²) in [6.07, 6.45) is 18.6. The molecule has 0 saturated heterocycles. The van der Waals surface area contributed by atoms with Crippen molar-refractivity contribution in [2.45, 2.75) is 90.9 Å². The second-order valence-corrected chi connectivity index (χ2v) is 5.54. The first kappa shape index (κ1) is 19.2. The van der Waals surface area contributed by atoms with E-state index in [0.717, 1.165) is 19.3 Å². The number of unbranched alkanes of at least 4 members (excludes halogenated alkanes) is 10. The monoisotopic (exact) mass is 282 g/mol. The molecule has 0 aliphatic rings. The van der Waals surface area contributed by atoms with Crippen molar-refractivity contribution in [3.8, 4) is 0 Å². The van der Waals surface area contributed by atoms with Gasteiger partial charge in [-0.05, 0) is 19.3 Å². The lowest BCUT2D eigenvalue weighted by Crippen LogP contribution is -2.01. The van der Waals surface area contributed by atoms with Crippen LogP contribution in [0.3, 0.4) is 0 Å². The summed E-state index contributed by atoms with van der Waals surface area (Å²) in [7, 11) is 0. The predicted octanol–water partition coefficient (Wildman–Crippen LogP) is 5.81. The molecule has 0 bridgehead atoms. The van der Waals surface area contributed by atoms with Crippen LogP contribution in [0.4, 0.5) is 0 Å². The van der Waals surface area contributed by atoms with E-state index in [9.17, 15) is 4.79 Å². The van der Waals surface area contributed by atoms with Gasteiger partial charge in [-0.15, -0.1) is 0 Å². The molecule has 0 N–H and O–H groups in total. The Balaban J connectivity index is 3.20. The molecule has 0 aliphatic heterocycles. The molecule has 0 aromatic rings. The summed E-state index contributed by atoms with van der Waals surface area (Å²) in [6, 6.07) is 0. The van der Waals surface area contributed by atoms with Gasteiger partial charge in [0.1, 0.15) is 0 Å². The van der Waals surface area contributed by atoms with E-state index in [-0.39, 0.29) is 5.97 Å². The average Bonchev–Trinajstić information content (AvgIpc) is 2.45. The molecule has 0 fully saturated rings. The largest absolute Gasteiger partial charge is 0.463 e. The molecule has 20 heavy (non-hydrogen) atoms. The molecule has 0 amide bonds. The highest BCUT2D eigenvalue weighted by atomic mass is 16.5. The Bertz CT molecular complexity index is 234. The van der Waals surface area contributed by atoms with E-state index in [1.54, 1.807) is 6.08 Å². The molecule has 0 heterocycles. The fourth-order valence-corrected chi connectivity index (χ4v) is 2.12. The maximum absolute atomic E-state index is 11.3. The van der Waals surface area contributed by atoms with Crippen LogP contribution in [0.25, 0.3) is 0 Å². The molecule has 0 spiro atoms. The summed E-state index contributed by atoms with van der Waals surface area (Å²) in [6.45, 7) is 4.90. The van der Waals surface area contributed by atoms with E-state index in [4.69, 9.17) is 4.74 Å². The van der Waals surface area contributed by atoms with E-state index in [1.807, 2.05) is 6.08 Å². The molecule has 2 nitrogen and oxygen atoms in total. The Morgan fingerprint density at radius 3 is 1.95 bits per heavy atom. The molecule has 0 aliphatic carbocycles. The van der Waals surface area contributed by atoms with Gasteiger partial charge < -0.3 is 4.74 Å². The summed E-state index contributed by atoms with van der Waals surface area (Å²) < 4.78 is 5.05. The number of hydrogen-bond donors (Lipinski definition) is 0. The van der Waals surface area contributed by atoms with Gasteiger partial charge in [-0.3, -0.25) is 0 Å². The normalized spacial score (nSPS) is 11.1. The summed E-state index contributed by atoms with van der Waals surface area (Å²) in [5, 5.41) is 0. The lowest BCUT2D eigenvalue weighted by Gasteiger charge is -2.01.